The summed E-state index contributed by atoms with van der Waals surface area (Å²) in [4.78, 5) is 11.6. The summed E-state index contributed by atoms with van der Waals surface area (Å²) in [5.41, 5.74) is 2.19. The lowest BCUT2D eigenvalue weighted by atomic mass is 10.00. The van der Waals surface area contributed by atoms with E-state index in [1.807, 2.05) is 39.0 Å². The maximum atomic E-state index is 11.8. The molecule has 0 aliphatic rings. The number of halogens is 2. The molecule has 0 spiro atoms. The van der Waals surface area contributed by atoms with Crippen molar-refractivity contribution in [2.24, 2.45) is 5.92 Å². The van der Waals surface area contributed by atoms with Crippen LogP contribution in [0.15, 0.2) is 18.2 Å². The minimum Gasteiger partial charge on any atom is -0.298 e. The molecule has 0 N–H and O–H groups in total. The predicted octanol–water partition coefficient (Wildman–Crippen LogP) is 4.18. The molecule has 1 unspecified atom stereocenters. The van der Waals surface area contributed by atoms with Crippen molar-refractivity contribution in [2.75, 3.05) is 0 Å². The van der Waals surface area contributed by atoms with Gasteiger partial charge in [-0.3, -0.25) is 4.79 Å². The molecule has 0 aromatic heterocycles. The van der Waals surface area contributed by atoms with Crippen LogP contribution in [0.1, 0.15) is 25.0 Å². The molecular weight excluding hydrogens is 287 g/mol. The Kier molecular flexibility index (Phi) is 5.00. The summed E-state index contributed by atoms with van der Waals surface area (Å²) in [7, 11) is 0. The number of benzene rings is 1. The van der Waals surface area contributed by atoms with Crippen LogP contribution in [0.4, 0.5) is 0 Å². The Bertz CT molecular complexity index is 388. The monoisotopic (exact) mass is 302 g/mol. The lowest BCUT2D eigenvalue weighted by Crippen LogP contribution is -2.21. The second-order valence-corrected chi connectivity index (χ2v) is 5.84. The van der Waals surface area contributed by atoms with Gasteiger partial charge < -0.3 is 0 Å². The first-order valence-electron chi connectivity index (χ1n) is 5.34. The summed E-state index contributed by atoms with van der Waals surface area (Å²) in [6.45, 7) is 5.84. The van der Waals surface area contributed by atoms with E-state index in [9.17, 15) is 4.79 Å². The van der Waals surface area contributed by atoms with Crippen LogP contribution >= 0.6 is 27.5 Å². The zero-order valence-electron chi connectivity index (χ0n) is 9.76. The van der Waals surface area contributed by atoms with Crippen molar-refractivity contribution in [3.63, 3.8) is 0 Å². The molecule has 0 saturated carbocycles. The first-order chi connectivity index (χ1) is 7.41. The summed E-state index contributed by atoms with van der Waals surface area (Å²) in [5, 5.41) is 0.728. The van der Waals surface area contributed by atoms with E-state index in [0.717, 1.165) is 16.1 Å². The van der Waals surface area contributed by atoms with Gasteiger partial charge in [0.1, 0.15) is 5.78 Å². The van der Waals surface area contributed by atoms with Crippen LogP contribution in [0.2, 0.25) is 5.02 Å². The van der Waals surface area contributed by atoms with Crippen LogP contribution in [0.3, 0.4) is 0 Å². The van der Waals surface area contributed by atoms with E-state index in [4.69, 9.17) is 11.6 Å². The van der Waals surface area contributed by atoms with Gasteiger partial charge in [0, 0.05) is 10.9 Å². The van der Waals surface area contributed by atoms with Gasteiger partial charge in [0.25, 0.3) is 0 Å². The highest BCUT2D eigenvalue weighted by Gasteiger charge is 2.19. The van der Waals surface area contributed by atoms with Crippen molar-refractivity contribution >= 4 is 33.3 Å². The predicted molar refractivity (Wildman–Crippen MR) is 72.5 cm³/mol. The van der Waals surface area contributed by atoms with E-state index in [1.54, 1.807) is 0 Å². The Hall–Kier alpha value is -0.340. The Morgan fingerprint density at radius 2 is 2.06 bits per heavy atom. The topological polar surface area (TPSA) is 17.1 Å². The highest BCUT2D eigenvalue weighted by atomic mass is 79.9. The van der Waals surface area contributed by atoms with Gasteiger partial charge in [0.15, 0.2) is 0 Å². The molecule has 0 fully saturated rings. The van der Waals surface area contributed by atoms with Gasteiger partial charge >= 0.3 is 0 Å². The molecule has 16 heavy (non-hydrogen) atoms. The van der Waals surface area contributed by atoms with E-state index >= 15 is 0 Å². The molecule has 0 aliphatic heterocycles. The standard InChI is InChI=1S/C13H16BrClO/c1-8(2)13(16)11(14)7-10-6-9(3)4-5-12(10)15/h4-6,8,11H,7H2,1-3H3. The smallest absolute Gasteiger partial charge is 0.149 e. The molecule has 1 rings (SSSR count). The van der Waals surface area contributed by atoms with Crippen molar-refractivity contribution in [2.45, 2.75) is 32.0 Å². The van der Waals surface area contributed by atoms with Crippen LogP contribution in [0.5, 0.6) is 0 Å². The van der Waals surface area contributed by atoms with E-state index < -0.39 is 0 Å². The largest absolute Gasteiger partial charge is 0.298 e. The second kappa shape index (κ2) is 5.83. The molecular formula is C13H16BrClO. The molecule has 0 radical (unpaired) electrons. The number of ketones is 1. The normalized spacial score (nSPS) is 12.9. The van der Waals surface area contributed by atoms with E-state index in [1.165, 1.54) is 0 Å². The maximum Gasteiger partial charge on any atom is 0.149 e. The Labute approximate surface area is 110 Å². The Balaban J connectivity index is 2.80. The first-order valence-corrected chi connectivity index (χ1v) is 6.64. The third-order valence-corrected chi connectivity index (χ3v) is 3.62. The maximum absolute atomic E-state index is 11.8. The minimum absolute atomic E-state index is 0.0490. The Morgan fingerprint density at radius 3 is 2.62 bits per heavy atom. The van der Waals surface area contributed by atoms with Gasteiger partial charge in [-0.25, -0.2) is 0 Å². The molecule has 0 amide bonds. The zero-order chi connectivity index (χ0) is 12.3. The zero-order valence-corrected chi connectivity index (χ0v) is 12.1. The summed E-state index contributed by atoms with van der Waals surface area (Å²) < 4.78 is 0. The number of Topliss-reactive ketones (excluding diaryl/α,β-unsaturated/α-hetero) is 1. The number of aryl methyl sites for hydroxylation is 1. The number of alkyl halides is 1. The van der Waals surface area contributed by atoms with Crippen LogP contribution in [0.25, 0.3) is 0 Å². The van der Waals surface area contributed by atoms with Crippen LogP contribution in [0, 0.1) is 12.8 Å². The lowest BCUT2D eigenvalue weighted by molar-refractivity contribution is -0.121. The second-order valence-electron chi connectivity index (χ2n) is 4.32. The molecule has 1 nitrogen and oxygen atoms in total. The molecule has 0 saturated heterocycles. The summed E-state index contributed by atoms with van der Waals surface area (Å²) in [5.74, 6) is 0.269. The molecule has 0 aliphatic carbocycles. The van der Waals surface area contributed by atoms with Gasteiger partial charge in [-0.2, -0.15) is 0 Å². The SMILES string of the molecule is Cc1ccc(Cl)c(CC(Br)C(=O)C(C)C)c1. The highest BCUT2D eigenvalue weighted by Crippen LogP contribution is 2.22. The number of hydrogen-bond acceptors (Lipinski definition) is 1. The Morgan fingerprint density at radius 1 is 1.44 bits per heavy atom. The summed E-state index contributed by atoms with van der Waals surface area (Å²) in [6.07, 6.45) is 0.650. The molecule has 88 valence electrons. The fraction of sp³-hybridized carbons (Fsp3) is 0.462. The van der Waals surface area contributed by atoms with E-state index in [-0.39, 0.29) is 16.5 Å². The van der Waals surface area contributed by atoms with Crippen molar-refractivity contribution in [1.29, 1.82) is 0 Å². The van der Waals surface area contributed by atoms with Gasteiger partial charge in [-0.15, -0.1) is 0 Å². The molecule has 1 atom stereocenters. The van der Waals surface area contributed by atoms with Gasteiger partial charge in [-0.05, 0) is 25.0 Å². The van der Waals surface area contributed by atoms with Crippen molar-refractivity contribution < 1.29 is 4.79 Å². The average Bonchev–Trinajstić information content (AvgIpc) is 2.22. The summed E-state index contributed by atoms with van der Waals surface area (Å²) >= 11 is 9.52. The number of carbonyl (C=O) groups excluding carboxylic acids is 1. The lowest BCUT2D eigenvalue weighted by Gasteiger charge is -2.13. The van der Waals surface area contributed by atoms with Crippen molar-refractivity contribution in [3.8, 4) is 0 Å². The van der Waals surface area contributed by atoms with Gasteiger partial charge in [0.2, 0.25) is 0 Å². The average molecular weight is 304 g/mol. The van der Waals surface area contributed by atoms with E-state index in [0.29, 0.717) is 6.42 Å². The van der Waals surface area contributed by atoms with Crippen molar-refractivity contribution in [1.82, 2.24) is 0 Å². The minimum atomic E-state index is -0.146. The molecule has 3 heteroatoms. The number of rotatable bonds is 4. The molecule has 0 heterocycles. The quantitative estimate of drug-likeness (QED) is 0.763. The molecule has 1 aromatic rings. The fourth-order valence-corrected chi connectivity index (χ4v) is 2.59. The van der Waals surface area contributed by atoms with Crippen LogP contribution in [-0.4, -0.2) is 10.6 Å². The van der Waals surface area contributed by atoms with E-state index in [2.05, 4.69) is 15.9 Å². The number of hydrogen-bond donors (Lipinski definition) is 0. The van der Waals surface area contributed by atoms with Crippen LogP contribution < -0.4 is 0 Å². The molecule has 1 aromatic carbocycles. The van der Waals surface area contributed by atoms with Gasteiger partial charge in [0.05, 0.1) is 4.83 Å². The van der Waals surface area contributed by atoms with Crippen LogP contribution in [-0.2, 0) is 11.2 Å². The first kappa shape index (κ1) is 13.7. The third kappa shape index (κ3) is 3.60. The third-order valence-electron chi connectivity index (χ3n) is 2.48. The molecule has 0 bridgehead atoms. The summed E-state index contributed by atoms with van der Waals surface area (Å²) in [6, 6.07) is 5.88. The number of carbonyl (C=O) groups is 1. The highest BCUT2D eigenvalue weighted by molar-refractivity contribution is 9.10. The fourth-order valence-electron chi connectivity index (χ4n) is 1.52. The van der Waals surface area contributed by atoms with Gasteiger partial charge in [-0.1, -0.05) is 59.1 Å². The van der Waals surface area contributed by atoms with Crippen molar-refractivity contribution in [3.05, 3.63) is 34.3 Å².